The Morgan fingerprint density at radius 2 is 2.38 bits per heavy atom. The third kappa shape index (κ3) is 5.85. The van der Waals surface area contributed by atoms with Gasteiger partial charge in [-0.1, -0.05) is 12.2 Å². The second-order valence-electron chi connectivity index (χ2n) is 1.41. The molecule has 2 N–H and O–H groups in total. The third-order valence-electron chi connectivity index (χ3n) is 0.697. The molecule has 0 rings (SSSR count). The number of nitrogens with two attached hydrogens (primary N) is 1. The highest BCUT2D eigenvalue weighted by Crippen LogP contribution is 1.80. The van der Waals surface area contributed by atoms with Gasteiger partial charge in [0.05, 0.1) is 11.6 Å². The lowest BCUT2D eigenvalue weighted by Crippen LogP contribution is -2.10. The Balaban J connectivity index is 2.82. The number of ether oxygens (including phenoxy) is 1. The largest absolute Gasteiger partial charge is 0.393 e. The minimum Gasteiger partial charge on any atom is -0.393 e. The molecule has 48 valence electrons. The molecule has 0 bridgehead atoms. The van der Waals surface area contributed by atoms with Crippen molar-refractivity contribution in [2.45, 2.75) is 13.3 Å². The molecule has 0 saturated carbocycles. The SMILES string of the molecule is CCOCCC(N)=S. The monoisotopic (exact) mass is 133 g/mol. The first kappa shape index (κ1) is 7.85. The zero-order chi connectivity index (χ0) is 6.41. The molecule has 0 spiro atoms. The quantitative estimate of drug-likeness (QED) is 0.453. The molecule has 3 heteroatoms. The van der Waals surface area contributed by atoms with Crippen molar-refractivity contribution in [3.63, 3.8) is 0 Å². The van der Waals surface area contributed by atoms with Gasteiger partial charge in [-0.25, -0.2) is 0 Å². The lowest BCUT2D eigenvalue weighted by atomic mass is 10.5. The normalized spacial score (nSPS) is 9.12. The molecule has 0 amide bonds. The maximum Gasteiger partial charge on any atom is 0.0750 e. The standard InChI is InChI=1S/C5H11NOS/c1-2-7-4-3-5(6)8/h2-4H2,1H3,(H2,6,8). The van der Waals surface area contributed by atoms with Crippen LogP contribution in [0.4, 0.5) is 0 Å². The average Bonchev–Trinajstić information content (AvgIpc) is 1.66. The maximum atomic E-state index is 5.18. The molecule has 2 nitrogen and oxygen atoms in total. The van der Waals surface area contributed by atoms with Gasteiger partial charge in [-0.2, -0.15) is 0 Å². The van der Waals surface area contributed by atoms with Crippen LogP contribution in [0.1, 0.15) is 13.3 Å². The molecule has 0 heterocycles. The molecule has 0 aliphatic heterocycles. The van der Waals surface area contributed by atoms with Gasteiger partial charge in [0.2, 0.25) is 0 Å². The van der Waals surface area contributed by atoms with E-state index in [0.29, 0.717) is 18.0 Å². The zero-order valence-corrected chi connectivity index (χ0v) is 5.83. The van der Waals surface area contributed by atoms with E-state index in [1.165, 1.54) is 0 Å². The Kier molecular flexibility index (Phi) is 4.90. The summed E-state index contributed by atoms with van der Waals surface area (Å²) in [6.07, 6.45) is 0.698. The van der Waals surface area contributed by atoms with Crippen LogP contribution in [0.2, 0.25) is 0 Å². The topological polar surface area (TPSA) is 35.2 Å². The summed E-state index contributed by atoms with van der Waals surface area (Å²) in [4.78, 5) is 0.526. The fourth-order valence-electron chi connectivity index (χ4n) is 0.317. The maximum absolute atomic E-state index is 5.18. The predicted molar refractivity (Wildman–Crippen MR) is 37.9 cm³/mol. The average molecular weight is 133 g/mol. The van der Waals surface area contributed by atoms with Crippen LogP contribution >= 0.6 is 12.2 Å². The van der Waals surface area contributed by atoms with Gasteiger partial charge >= 0.3 is 0 Å². The van der Waals surface area contributed by atoms with Crippen molar-refractivity contribution >= 4 is 17.2 Å². The van der Waals surface area contributed by atoms with E-state index in [-0.39, 0.29) is 0 Å². The molecule has 0 unspecified atom stereocenters. The van der Waals surface area contributed by atoms with E-state index in [2.05, 4.69) is 12.2 Å². The van der Waals surface area contributed by atoms with Gasteiger partial charge in [0, 0.05) is 13.0 Å². The van der Waals surface area contributed by atoms with E-state index in [9.17, 15) is 0 Å². The Morgan fingerprint density at radius 1 is 1.75 bits per heavy atom. The van der Waals surface area contributed by atoms with E-state index in [4.69, 9.17) is 10.5 Å². The molecule has 0 atom stereocenters. The van der Waals surface area contributed by atoms with E-state index in [1.807, 2.05) is 6.92 Å². The Morgan fingerprint density at radius 3 is 2.75 bits per heavy atom. The van der Waals surface area contributed by atoms with Crippen LogP contribution in [-0.4, -0.2) is 18.2 Å². The fraction of sp³-hybridized carbons (Fsp3) is 0.800. The van der Waals surface area contributed by atoms with Gasteiger partial charge in [-0.05, 0) is 6.92 Å². The molecule has 0 radical (unpaired) electrons. The highest BCUT2D eigenvalue weighted by Gasteiger charge is 1.86. The van der Waals surface area contributed by atoms with Crippen molar-refractivity contribution in [1.82, 2.24) is 0 Å². The van der Waals surface area contributed by atoms with E-state index < -0.39 is 0 Å². The van der Waals surface area contributed by atoms with Crippen LogP contribution in [0.15, 0.2) is 0 Å². The van der Waals surface area contributed by atoms with Crippen molar-refractivity contribution in [3.8, 4) is 0 Å². The van der Waals surface area contributed by atoms with Gasteiger partial charge < -0.3 is 10.5 Å². The fourth-order valence-corrected chi connectivity index (χ4v) is 0.400. The molecule has 0 saturated heterocycles. The number of rotatable bonds is 4. The summed E-state index contributed by atoms with van der Waals surface area (Å²) in [5, 5.41) is 0. The van der Waals surface area contributed by atoms with Crippen LogP contribution in [0, 0.1) is 0 Å². The van der Waals surface area contributed by atoms with E-state index in [1.54, 1.807) is 0 Å². The first-order valence-electron chi connectivity index (χ1n) is 2.63. The van der Waals surface area contributed by atoms with Crippen LogP contribution in [0.5, 0.6) is 0 Å². The lowest BCUT2D eigenvalue weighted by molar-refractivity contribution is 0.155. The van der Waals surface area contributed by atoms with Gasteiger partial charge in [-0.3, -0.25) is 0 Å². The summed E-state index contributed by atoms with van der Waals surface area (Å²) in [6.45, 7) is 3.34. The van der Waals surface area contributed by atoms with Crippen molar-refractivity contribution < 1.29 is 4.74 Å². The molecule has 0 aromatic carbocycles. The summed E-state index contributed by atoms with van der Waals surface area (Å²) >= 11 is 4.61. The molecule has 0 aliphatic rings. The zero-order valence-electron chi connectivity index (χ0n) is 5.02. The second kappa shape index (κ2) is 5.00. The molecule has 0 aliphatic carbocycles. The first-order valence-corrected chi connectivity index (χ1v) is 3.04. The van der Waals surface area contributed by atoms with Gasteiger partial charge in [0.1, 0.15) is 0 Å². The van der Waals surface area contributed by atoms with Gasteiger partial charge in [0.25, 0.3) is 0 Å². The van der Waals surface area contributed by atoms with Crippen molar-refractivity contribution in [3.05, 3.63) is 0 Å². The molecule has 8 heavy (non-hydrogen) atoms. The van der Waals surface area contributed by atoms with Crippen molar-refractivity contribution in [2.24, 2.45) is 5.73 Å². The molecule has 0 fully saturated rings. The Labute approximate surface area is 55.0 Å². The van der Waals surface area contributed by atoms with Crippen molar-refractivity contribution in [2.75, 3.05) is 13.2 Å². The summed E-state index contributed by atoms with van der Waals surface area (Å²) in [6, 6.07) is 0. The van der Waals surface area contributed by atoms with Crippen LogP contribution in [0.3, 0.4) is 0 Å². The minimum absolute atomic E-state index is 0.526. The summed E-state index contributed by atoms with van der Waals surface area (Å²) in [5.74, 6) is 0. The van der Waals surface area contributed by atoms with Crippen LogP contribution < -0.4 is 5.73 Å². The van der Waals surface area contributed by atoms with Crippen LogP contribution in [0.25, 0.3) is 0 Å². The summed E-state index contributed by atoms with van der Waals surface area (Å²) < 4.78 is 4.98. The summed E-state index contributed by atoms with van der Waals surface area (Å²) in [5.41, 5.74) is 5.18. The third-order valence-corrected chi connectivity index (χ3v) is 0.901. The Bertz CT molecular complexity index is 74.8. The predicted octanol–water partition coefficient (Wildman–Crippen LogP) is 0.699. The molecule has 0 aromatic rings. The highest BCUT2D eigenvalue weighted by atomic mass is 32.1. The van der Waals surface area contributed by atoms with Crippen LogP contribution in [-0.2, 0) is 4.74 Å². The smallest absolute Gasteiger partial charge is 0.0750 e. The first-order chi connectivity index (χ1) is 3.77. The number of thiocarbonyl (C=S) groups is 1. The number of hydrogen-bond donors (Lipinski definition) is 1. The second-order valence-corrected chi connectivity index (χ2v) is 1.94. The number of hydrogen-bond acceptors (Lipinski definition) is 2. The molecule has 0 aromatic heterocycles. The molecular weight excluding hydrogens is 122 g/mol. The van der Waals surface area contributed by atoms with E-state index in [0.717, 1.165) is 6.61 Å². The highest BCUT2D eigenvalue weighted by molar-refractivity contribution is 7.80. The minimum atomic E-state index is 0.526. The van der Waals surface area contributed by atoms with Gasteiger partial charge in [0.15, 0.2) is 0 Å². The summed E-state index contributed by atoms with van der Waals surface area (Å²) in [7, 11) is 0. The van der Waals surface area contributed by atoms with Crippen molar-refractivity contribution in [1.29, 1.82) is 0 Å². The van der Waals surface area contributed by atoms with Gasteiger partial charge in [-0.15, -0.1) is 0 Å². The Hall–Kier alpha value is -0.150. The van der Waals surface area contributed by atoms with E-state index >= 15 is 0 Å². The molecular formula is C5H11NOS. The lowest BCUT2D eigenvalue weighted by Gasteiger charge is -1.96.